The van der Waals surface area contributed by atoms with E-state index in [1.54, 1.807) is 6.20 Å². The molecule has 0 aromatic carbocycles. The monoisotopic (exact) mass is 248 g/mol. The van der Waals surface area contributed by atoms with E-state index in [0.29, 0.717) is 6.04 Å². The molecule has 0 unspecified atom stereocenters. The minimum Gasteiger partial charge on any atom is -0.260 e. The molecule has 0 spiro atoms. The molecule has 0 fully saturated rings. The first-order chi connectivity index (χ1) is 4.84. The van der Waals surface area contributed by atoms with Crippen LogP contribution in [0.1, 0.15) is 18.7 Å². The summed E-state index contributed by atoms with van der Waals surface area (Å²) in [6, 6.07) is 6.26. The molecule has 0 amide bonds. The third kappa shape index (κ3) is 1.91. The van der Waals surface area contributed by atoms with E-state index in [1.807, 2.05) is 18.2 Å². The summed E-state index contributed by atoms with van der Waals surface area (Å²) in [5.74, 6) is 0. The summed E-state index contributed by atoms with van der Waals surface area (Å²) in [4.78, 5) is 4.18. The Bertz CT molecular complexity index is 188. The zero-order chi connectivity index (χ0) is 7.40. The van der Waals surface area contributed by atoms with Crippen molar-refractivity contribution in [1.82, 2.24) is 8.51 Å². The van der Waals surface area contributed by atoms with Gasteiger partial charge in [0, 0.05) is 29.1 Å². The molecule has 1 heterocycles. The van der Waals surface area contributed by atoms with Crippen molar-refractivity contribution in [2.45, 2.75) is 13.0 Å². The molecule has 1 N–H and O–H groups in total. The average molecular weight is 248 g/mol. The van der Waals surface area contributed by atoms with E-state index in [-0.39, 0.29) is 0 Å². The second kappa shape index (κ2) is 3.88. The number of rotatable bonds is 2. The molecule has 0 bridgehead atoms. The SMILES string of the molecule is C[C@@H](NI)c1ccccn1. The highest BCUT2D eigenvalue weighted by molar-refractivity contribution is 14.1. The van der Waals surface area contributed by atoms with Crippen molar-refractivity contribution in [3.8, 4) is 0 Å². The molecular formula is C7H9IN2. The fourth-order valence-electron chi connectivity index (χ4n) is 0.688. The second-order valence-electron chi connectivity index (χ2n) is 2.09. The topological polar surface area (TPSA) is 24.9 Å². The fraction of sp³-hybridized carbons (Fsp3) is 0.286. The summed E-state index contributed by atoms with van der Waals surface area (Å²) in [5.41, 5.74) is 1.08. The van der Waals surface area contributed by atoms with Crippen LogP contribution < -0.4 is 3.53 Å². The van der Waals surface area contributed by atoms with Gasteiger partial charge in [0.25, 0.3) is 0 Å². The van der Waals surface area contributed by atoms with Crippen LogP contribution in [0, 0.1) is 0 Å². The van der Waals surface area contributed by atoms with E-state index in [2.05, 4.69) is 38.3 Å². The molecule has 0 aliphatic rings. The minimum atomic E-state index is 0.335. The van der Waals surface area contributed by atoms with Crippen LogP contribution >= 0.6 is 22.9 Å². The van der Waals surface area contributed by atoms with Crippen molar-refractivity contribution in [3.63, 3.8) is 0 Å². The van der Waals surface area contributed by atoms with E-state index in [4.69, 9.17) is 0 Å². The summed E-state index contributed by atoms with van der Waals surface area (Å²) < 4.78 is 3.09. The number of nitrogens with zero attached hydrogens (tertiary/aromatic N) is 1. The number of hydrogen-bond acceptors (Lipinski definition) is 2. The largest absolute Gasteiger partial charge is 0.260 e. The Morgan fingerprint density at radius 3 is 2.90 bits per heavy atom. The standard InChI is InChI=1S/C7H9IN2/c1-6(10-8)7-4-2-3-5-9-7/h2-6,10H,1H3/t6-/m1/s1. The Morgan fingerprint density at radius 1 is 1.60 bits per heavy atom. The van der Waals surface area contributed by atoms with Crippen LogP contribution in [0.2, 0.25) is 0 Å². The molecule has 0 aliphatic heterocycles. The molecule has 0 radical (unpaired) electrons. The zero-order valence-corrected chi connectivity index (χ0v) is 7.87. The van der Waals surface area contributed by atoms with Crippen molar-refractivity contribution in [3.05, 3.63) is 30.1 Å². The quantitative estimate of drug-likeness (QED) is 0.640. The van der Waals surface area contributed by atoms with E-state index in [0.717, 1.165) is 5.69 Å². The van der Waals surface area contributed by atoms with Crippen LogP contribution in [0.4, 0.5) is 0 Å². The molecule has 10 heavy (non-hydrogen) atoms. The van der Waals surface area contributed by atoms with Gasteiger partial charge >= 0.3 is 0 Å². The van der Waals surface area contributed by atoms with Crippen LogP contribution in [0.5, 0.6) is 0 Å². The van der Waals surface area contributed by atoms with Gasteiger partial charge in [-0.25, -0.2) is 0 Å². The Kier molecular flexibility index (Phi) is 3.08. The van der Waals surface area contributed by atoms with Crippen LogP contribution in [0.3, 0.4) is 0 Å². The van der Waals surface area contributed by atoms with E-state index < -0.39 is 0 Å². The maximum absolute atomic E-state index is 4.18. The number of halogens is 1. The summed E-state index contributed by atoms with van der Waals surface area (Å²) in [5, 5.41) is 0. The highest BCUT2D eigenvalue weighted by Crippen LogP contribution is 2.08. The lowest BCUT2D eigenvalue weighted by Gasteiger charge is -2.05. The van der Waals surface area contributed by atoms with E-state index >= 15 is 0 Å². The molecule has 1 aromatic heterocycles. The van der Waals surface area contributed by atoms with Gasteiger partial charge < -0.3 is 0 Å². The number of pyridine rings is 1. The lowest BCUT2D eigenvalue weighted by atomic mass is 10.2. The van der Waals surface area contributed by atoms with Crippen LogP contribution in [-0.4, -0.2) is 4.98 Å². The average Bonchev–Trinajstić information content (AvgIpc) is 2.05. The molecule has 0 saturated carbocycles. The maximum atomic E-state index is 4.18. The molecule has 1 aromatic rings. The van der Waals surface area contributed by atoms with Gasteiger partial charge in [-0.1, -0.05) is 6.07 Å². The summed E-state index contributed by atoms with van der Waals surface area (Å²) in [7, 11) is 0. The van der Waals surface area contributed by atoms with Crippen molar-refractivity contribution < 1.29 is 0 Å². The second-order valence-corrected chi connectivity index (χ2v) is 2.71. The van der Waals surface area contributed by atoms with Gasteiger partial charge in [0.15, 0.2) is 0 Å². The predicted octanol–water partition coefficient (Wildman–Crippen LogP) is 2.08. The molecule has 0 saturated heterocycles. The lowest BCUT2D eigenvalue weighted by Crippen LogP contribution is -2.06. The zero-order valence-electron chi connectivity index (χ0n) is 5.71. The predicted molar refractivity (Wildman–Crippen MR) is 49.8 cm³/mol. The molecule has 2 nitrogen and oxygen atoms in total. The number of nitrogens with one attached hydrogen (secondary N) is 1. The van der Waals surface area contributed by atoms with Gasteiger partial charge in [-0.05, 0) is 19.1 Å². The Balaban J connectivity index is 2.75. The van der Waals surface area contributed by atoms with E-state index in [1.165, 1.54) is 0 Å². The molecule has 0 aliphatic carbocycles. The maximum Gasteiger partial charge on any atom is 0.0577 e. The third-order valence-electron chi connectivity index (χ3n) is 1.30. The van der Waals surface area contributed by atoms with Gasteiger partial charge in [-0.2, -0.15) is 0 Å². The first-order valence-corrected chi connectivity index (χ1v) is 4.19. The normalized spacial score (nSPS) is 13.0. The molecule has 54 valence electrons. The van der Waals surface area contributed by atoms with Crippen LogP contribution in [0.15, 0.2) is 24.4 Å². The fourth-order valence-corrected chi connectivity index (χ4v) is 1.01. The summed E-state index contributed by atoms with van der Waals surface area (Å²) >= 11 is 2.13. The molecular weight excluding hydrogens is 239 g/mol. The first-order valence-electron chi connectivity index (χ1n) is 3.11. The molecule has 3 heteroatoms. The molecule has 1 rings (SSSR count). The van der Waals surface area contributed by atoms with Gasteiger partial charge in [0.05, 0.1) is 11.7 Å². The highest BCUT2D eigenvalue weighted by atomic mass is 127. The van der Waals surface area contributed by atoms with Crippen molar-refractivity contribution in [2.75, 3.05) is 0 Å². The lowest BCUT2D eigenvalue weighted by molar-refractivity contribution is 0.746. The smallest absolute Gasteiger partial charge is 0.0577 e. The van der Waals surface area contributed by atoms with Gasteiger partial charge in [-0.3, -0.25) is 8.51 Å². The number of aromatic nitrogens is 1. The minimum absolute atomic E-state index is 0.335. The van der Waals surface area contributed by atoms with Gasteiger partial charge in [0.1, 0.15) is 0 Å². The molecule has 1 atom stereocenters. The highest BCUT2D eigenvalue weighted by Gasteiger charge is 2.00. The first kappa shape index (κ1) is 7.94. The van der Waals surface area contributed by atoms with Crippen molar-refractivity contribution in [2.24, 2.45) is 0 Å². The van der Waals surface area contributed by atoms with Crippen LogP contribution in [-0.2, 0) is 0 Å². The Morgan fingerprint density at radius 2 is 2.40 bits per heavy atom. The Hall–Kier alpha value is -0.160. The summed E-state index contributed by atoms with van der Waals surface area (Å²) in [6.45, 7) is 2.08. The Labute approximate surface area is 74.5 Å². The van der Waals surface area contributed by atoms with Crippen LogP contribution in [0.25, 0.3) is 0 Å². The van der Waals surface area contributed by atoms with E-state index in [9.17, 15) is 0 Å². The van der Waals surface area contributed by atoms with Gasteiger partial charge in [0.2, 0.25) is 0 Å². The van der Waals surface area contributed by atoms with Crippen molar-refractivity contribution in [1.29, 1.82) is 0 Å². The number of hydrogen-bond donors (Lipinski definition) is 1. The van der Waals surface area contributed by atoms with Gasteiger partial charge in [-0.15, -0.1) is 0 Å². The third-order valence-corrected chi connectivity index (χ3v) is 2.23. The summed E-state index contributed by atoms with van der Waals surface area (Å²) in [6.07, 6.45) is 1.81. The van der Waals surface area contributed by atoms with Crippen molar-refractivity contribution >= 4 is 22.9 Å².